The first-order valence-electron chi connectivity index (χ1n) is 5.56. The highest BCUT2D eigenvalue weighted by molar-refractivity contribution is 5.33. The van der Waals surface area contributed by atoms with Crippen LogP contribution in [0.4, 0.5) is 4.39 Å². The Balaban J connectivity index is 2.06. The first-order chi connectivity index (χ1) is 7.63. The molecule has 2 nitrogen and oxygen atoms in total. The summed E-state index contributed by atoms with van der Waals surface area (Å²) in [4.78, 5) is 0. The van der Waals surface area contributed by atoms with Crippen LogP contribution in [0.5, 0.6) is 0 Å². The van der Waals surface area contributed by atoms with Gasteiger partial charge in [0, 0.05) is 17.6 Å². The standard InChI is InChI=1S/C13H15FN2/c1-13(5-2-6-13)16-9-11-7-10(8-15)3-4-12(11)14/h3-4,7,16H,2,5-6,9H2,1H3. The molecule has 0 aliphatic heterocycles. The van der Waals surface area contributed by atoms with Crippen LogP contribution < -0.4 is 5.32 Å². The molecule has 0 spiro atoms. The van der Waals surface area contributed by atoms with Gasteiger partial charge in [0.2, 0.25) is 0 Å². The van der Waals surface area contributed by atoms with E-state index in [9.17, 15) is 4.39 Å². The van der Waals surface area contributed by atoms with Gasteiger partial charge in [0.25, 0.3) is 0 Å². The van der Waals surface area contributed by atoms with Gasteiger partial charge in [-0.3, -0.25) is 0 Å². The predicted molar refractivity (Wildman–Crippen MR) is 60.2 cm³/mol. The normalized spacial score (nSPS) is 17.6. The van der Waals surface area contributed by atoms with Crippen molar-refractivity contribution in [3.63, 3.8) is 0 Å². The van der Waals surface area contributed by atoms with Gasteiger partial charge in [-0.05, 0) is 44.4 Å². The van der Waals surface area contributed by atoms with Crippen LogP contribution in [0.15, 0.2) is 18.2 Å². The number of nitrogens with one attached hydrogen (secondary N) is 1. The summed E-state index contributed by atoms with van der Waals surface area (Å²) in [6.45, 7) is 2.65. The molecule has 0 saturated heterocycles. The SMILES string of the molecule is CC1(NCc2cc(C#N)ccc2F)CCC1. The number of nitrogens with zero attached hydrogens (tertiary/aromatic N) is 1. The Morgan fingerprint density at radius 1 is 1.50 bits per heavy atom. The Morgan fingerprint density at radius 3 is 2.81 bits per heavy atom. The van der Waals surface area contributed by atoms with Gasteiger partial charge in [-0.25, -0.2) is 4.39 Å². The highest BCUT2D eigenvalue weighted by Gasteiger charge is 2.30. The zero-order valence-corrected chi connectivity index (χ0v) is 9.39. The second-order valence-corrected chi connectivity index (χ2v) is 4.69. The van der Waals surface area contributed by atoms with Gasteiger partial charge in [-0.2, -0.15) is 5.26 Å². The van der Waals surface area contributed by atoms with Crippen LogP contribution in [0.25, 0.3) is 0 Å². The summed E-state index contributed by atoms with van der Waals surface area (Å²) in [5, 5.41) is 12.1. The molecule has 1 aromatic carbocycles. The first-order valence-corrected chi connectivity index (χ1v) is 5.56. The second-order valence-electron chi connectivity index (χ2n) is 4.69. The van der Waals surface area contributed by atoms with Crippen LogP contribution in [-0.2, 0) is 6.54 Å². The highest BCUT2D eigenvalue weighted by Crippen LogP contribution is 2.31. The lowest BCUT2D eigenvalue weighted by atomic mass is 9.78. The predicted octanol–water partition coefficient (Wildman–Crippen LogP) is 2.73. The average Bonchev–Trinajstić information content (AvgIpc) is 2.25. The summed E-state index contributed by atoms with van der Waals surface area (Å²) >= 11 is 0. The van der Waals surface area contributed by atoms with Gasteiger partial charge >= 0.3 is 0 Å². The molecule has 1 aromatic rings. The average molecular weight is 218 g/mol. The van der Waals surface area contributed by atoms with Crippen molar-refractivity contribution < 1.29 is 4.39 Å². The Hall–Kier alpha value is -1.40. The van der Waals surface area contributed by atoms with Gasteiger partial charge in [-0.1, -0.05) is 0 Å². The maximum absolute atomic E-state index is 13.5. The number of benzene rings is 1. The van der Waals surface area contributed by atoms with Crippen molar-refractivity contribution in [2.75, 3.05) is 0 Å². The van der Waals surface area contributed by atoms with Crippen LogP contribution in [-0.4, -0.2) is 5.54 Å². The maximum Gasteiger partial charge on any atom is 0.127 e. The minimum atomic E-state index is -0.241. The van der Waals surface area contributed by atoms with Crippen molar-refractivity contribution in [1.29, 1.82) is 5.26 Å². The quantitative estimate of drug-likeness (QED) is 0.846. The maximum atomic E-state index is 13.5. The number of rotatable bonds is 3. The third-order valence-corrected chi connectivity index (χ3v) is 3.34. The Labute approximate surface area is 95.1 Å². The lowest BCUT2D eigenvalue weighted by molar-refractivity contribution is 0.206. The molecule has 1 aliphatic carbocycles. The van der Waals surface area contributed by atoms with Crippen LogP contribution >= 0.6 is 0 Å². The molecule has 0 radical (unpaired) electrons. The lowest BCUT2D eigenvalue weighted by Crippen LogP contribution is -2.47. The summed E-state index contributed by atoms with van der Waals surface area (Å²) in [5.74, 6) is -0.241. The van der Waals surface area contributed by atoms with E-state index in [0.29, 0.717) is 17.7 Å². The fourth-order valence-electron chi connectivity index (χ4n) is 1.97. The fourth-order valence-corrected chi connectivity index (χ4v) is 1.97. The van der Waals surface area contributed by atoms with Crippen molar-refractivity contribution in [2.24, 2.45) is 0 Å². The number of hydrogen-bond acceptors (Lipinski definition) is 2. The van der Waals surface area contributed by atoms with Crippen molar-refractivity contribution in [2.45, 2.75) is 38.3 Å². The summed E-state index contributed by atoms with van der Waals surface area (Å²) in [6, 6.07) is 6.50. The molecule has 0 atom stereocenters. The highest BCUT2D eigenvalue weighted by atomic mass is 19.1. The van der Waals surface area contributed by atoms with Crippen molar-refractivity contribution >= 4 is 0 Å². The zero-order valence-electron chi connectivity index (χ0n) is 9.39. The fraction of sp³-hybridized carbons (Fsp3) is 0.462. The molecule has 1 saturated carbocycles. The van der Waals surface area contributed by atoms with Gasteiger partial charge in [0.1, 0.15) is 5.82 Å². The van der Waals surface area contributed by atoms with Gasteiger partial charge < -0.3 is 5.32 Å². The molecule has 3 heteroatoms. The Kier molecular flexibility index (Phi) is 2.93. The molecule has 0 aromatic heterocycles. The third kappa shape index (κ3) is 2.23. The van der Waals surface area contributed by atoms with Crippen molar-refractivity contribution in [1.82, 2.24) is 5.32 Å². The smallest absolute Gasteiger partial charge is 0.127 e. The van der Waals surface area contributed by atoms with Crippen LogP contribution in [0, 0.1) is 17.1 Å². The van der Waals surface area contributed by atoms with E-state index < -0.39 is 0 Å². The van der Waals surface area contributed by atoms with Gasteiger partial charge in [0.05, 0.1) is 11.6 Å². The topological polar surface area (TPSA) is 35.8 Å². The van der Waals surface area contributed by atoms with E-state index in [1.54, 1.807) is 6.07 Å². The van der Waals surface area contributed by atoms with Gasteiger partial charge in [0.15, 0.2) is 0 Å². The zero-order chi connectivity index (χ0) is 11.6. The minimum absolute atomic E-state index is 0.162. The Bertz CT molecular complexity index is 430. The van der Waals surface area contributed by atoms with E-state index >= 15 is 0 Å². The van der Waals surface area contributed by atoms with E-state index in [2.05, 4.69) is 12.2 Å². The molecule has 1 N–H and O–H groups in total. The van der Waals surface area contributed by atoms with E-state index in [1.807, 2.05) is 6.07 Å². The van der Waals surface area contributed by atoms with E-state index in [4.69, 9.17) is 5.26 Å². The number of hydrogen-bond donors (Lipinski definition) is 1. The third-order valence-electron chi connectivity index (χ3n) is 3.34. The van der Waals surface area contributed by atoms with Gasteiger partial charge in [-0.15, -0.1) is 0 Å². The van der Waals surface area contributed by atoms with Crippen LogP contribution in [0.1, 0.15) is 37.3 Å². The second kappa shape index (κ2) is 4.23. The largest absolute Gasteiger partial charge is 0.307 e. The first kappa shape index (κ1) is 11.1. The molecule has 0 heterocycles. The molecule has 84 valence electrons. The summed E-state index contributed by atoms with van der Waals surface area (Å²) in [5.41, 5.74) is 1.25. The molecule has 0 unspecified atom stereocenters. The molecular weight excluding hydrogens is 203 g/mol. The molecule has 0 bridgehead atoms. The molecule has 1 aliphatic rings. The number of nitriles is 1. The molecule has 2 rings (SSSR count). The summed E-state index contributed by atoms with van der Waals surface area (Å²) in [7, 11) is 0. The monoisotopic (exact) mass is 218 g/mol. The van der Waals surface area contributed by atoms with E-state index in [1.165, 1.54) is 18.6 Å². The number of halogens is 1. The van der Waals surface area contributed by atoms with Crippen LogP contribution in [0.2, 0.25) is 0 Å². The van der Waals surface area contributed by atoms with Crippen molar-refractivity contribution in [3.05, 3.63) is 35.1 Å². The minimum Gasteiger partial charge on any atom is -0.307 e. The Morgan fingerprint density at radius 2 is 2.25 bits per heavy atom. The molecular formula is C13H15FN2. The van der Waals surface area contributed by atoms with Crippen molar-refractivity contribution in [3.8, 4) is 6.07 Å². The van der Waals surface area contributed by atoms with Crippen LogP contribution in [0.3, 0.4) is 0 Å². The molecule has 0 amide bonds. The summed E-state index contributed by atoms with van der Waals surface area (Å²) in [6.07, 6.45) is 3.53. The lowest BCUT2D eigenvalue weighted by Gasteiger charge is -2.39. The van der Waals surface area contributed by atoms with E-state index in [0.717, 1.165) is 12.8 Å². The van der Waals surface area contributed by atoms with E-state index in [-0.39, 0.29) is 11.4 Å². The molecule has 1 fully saturated rings. The molecule has 16 heavy (non-hydrogen) atoms. The summed E-state index contributed by atoms with van der Waals surface area (Å²) < 4.78 is 13.5.